The second kappa shape index (κ2) is 4.93. The van der Waals surface area contributed by atoms with Gasteiger partial charge in [0.25, 0.3) is 5.91 Å². The minimum absolute atomic E-state index is 0.177. The van der Waals surface area contributed by atoms with Crippen molar-refractivity contribution >= 4 is 28.2 Å². The predicted molar refractivity (Wildman–Crippen MR) is 76.1 cm³/mol. The van der Waals surface area contributed by atoms with Crippen molar-refractivity contribution in [2.24, 2.45) is 0 Å². The lowest BCUT2D eigenvalue weighted by Crippen LogP contribution is -2.15. The highest BCUT2D eigenvalue weighted by Crippen LogP contribution is 2.22. The second-order valence-corrected chi connectivity index (χ2v) is 4.19. The number of nitrogen functional groups attached to an aromatic ring is 1. The van der Waals surface area contributed by atoms with Crippen LogP contribution in [0.1, 0.15) is 10.5 Å². The van der Waals surface area contributed by atoms with Gasteiger partial charge in [0.15, 0.2) is 0 Å². The van der Waals surface area contributed by atoms with Gasteiger partial charge in [0.05, 0.1) is 12.4 Å². The van der Waals surface area contributed by atoms with Crippen molar-refractivity contribution in [2.45, 2.75) is 0 Å². The first-order chi connectivity index (χ1) is 9.74. The summed E-state index contributed by atoms with van der Waals surface area (Å²) in [5.74, 6) is -0.145. The van der Waals surface area contributed by atoms with Gasteiger partial charge >= 0.3 is 0 Å². The minimum Gasteiger partial charge on any atom is -0.382 e. The molecule has 6 heteroatoms. The molecule has 6 nitrogen and oxygen atoms in total. The highest BCUT2D eigenvalue weighted by Gasteiger charge is 2.10. The number of anilines is 2. The van der Waals surface area contributed by atoms with E-state index in [0.717, 1.165) is 10.8 Å². The number of pyridine rings is 1. The van der Waals surface area contributed by atoms with E-state index in [-0.39, 0.29) is 17.4 Å². The van der Waals surface area contributed by atoms with E-state index >= 15 is 0 Å². The van der Waals surface area contributed by atoms with Crippen molar-refractivity contribution in [2.75, 3.05) is 11.1 Å². The maximum atomic E-state index is 12.1. The lowest BCUT2D eigenvalue weighted by Gasteiger charge is -2.08. The number of hydrogen-bond acceptors (Lipinski definition) is 5. The summed E-state index contributed by atoms with van der Waals surface area (Å²) in [6.07, 6.45) is 6.18. The van der Waals surface area contributed by atoms with Crippen LogP contribution in [-0.4, -0.2) is 20.9 Å². The standard InChI is InChI=1S/C14H11N5O/c15-13-8-17-7-12(18-13)14(20)19-11-3-1-2-9-6-16-5-4-10(9)11/h1-8H,(H2,15,18)(H,19,20). The van der Waals surface area contributed by atoms with E-state index in [9.17, 15) is 4.79 Å². The van der Waals surface area contributed by atoms with Crippen LogP contribution in [0.25, 0.3) is 10.8 Å². The molecule has 0 radical (unpaired) electrons. The number of hydrogen-bond donors (Lipinski definition) is 2. The fraction of sp³-hybridized carbons (Fsp3) is 0. The van der Waals surface area contributed by atoms with Gasteiger partial charge in [-0.15, -0.1) is 0 Å². The molecule has 0 fully saturated rings. The van der Waals surface area contributed by atoms with E-state index in [2.05, 4.69) is 20.3 Å². The van der Waals surface area contributed by atoms with E-state index in [4.69, 9.17) is 5.73 Å². The molecular weight excluding hydrogens is 254 g/mol. The maximum Gasteiger partial charge on any atom is 0.275 e. The lowest BCUT2D eigenvalue weighted by atomic mass is 10.1. The smallest absolute Gasteiger partial charge is 0.275 e. The summed E-state index contributed by atoms with van der Waals surface area (Å²) in [4.78, 5) is 24.0. The second-order valence-electron chi connectivity index (χ2n) is 4.19. The molecule has 0 unspecified atom stereocenters. The van der Waals surface area contributed by atoms with Crippen molar-refractivity contribution < 1.29 is 4.79 Å². The third-order valence-electron chi connectivity index (χ3n) is 2.81. The molecule has 0 atom stereocenters. The molecule has 1 aromatic carbocycles. The first-order valence-electron chi connectivity index (χ1n) is 5.95. The van der Waals surface area contributed by atoms with Crippen LogP contribution in [0.2, 0.25) is 0 Å². The molecule has 0 saturated carbocycles. The summed E-state index contributed by atoms with van der Waals surface area (Å²) < 4.78 is 0. The summed E-state index contributed by atoms with van der Waals surface area (Å²) in [6, 6.07) is 7.44. The van der Waals surface area contributed by atoms with E-state index in [1.54, 1.807) is 12.4 Å². The summed E-state index contributed by atoms with van der Waals surface area (Å²) in [7, 11) is 0. The molecule has 3 rings (SSSR count). The van der Waals surface area contributed by atoms with Crippen molar-refractivity contribution in [3.63, 3.8) is 0 Å². The van der Waals surface area contributed by atoms with Gasteiger partial charge in [-0.2, -0.15) is 0 Å². The Morgan fingerprint density at radius 3 is 2.85 bits per heavy atom. The van der Waals surface area contributed by atoms with Crippen LogP contribution in [0.3, 0.4) is 0 Å². The Labute approximate surface area is 114 Å². The molecule has 3 N–H and O–H groups in total. The Hall–Kier alpha value is -3.02. The average molecular weight is 265 g/mol. The number of aromatic nitrogens is 3. The Balaban J connectivity index is 1.95. The Bertz CT molecular complexity index is 782. The number of fused-ring (bicyclic) bond motifs is 1. The third kappa shape index (κ3) is 2.26. The molecular formula is C14H11N5O. The Morgan fingerprint density at radius 1 is 1.10 bits per heavy atom. The van der Waals surface area contributed by atoms with Gasteiger partial charge in [0, 0.05) is 28.9 Å². The lowest BCUT2D eigenvalue weighted by molar-refractivity contribution is 0.102. The largest absolute Gasteiger partial charge is 0.382 e. The topological polar surface area (TPSA) is 93.8 Å². The molecule has 0 spiro atoms. The molecule has 20 heavy (non-hydrogen) atoms. The molecule has 0 aliphatic heterocycles. The van der Waals surface area contributed by atoms with E-state index < -0.39 is 0 Å². The number of nitrogens with one attached hydrogen (secondary N) is 1. The van der Waals surface area contributed by atoms with Crippen LogP contribution < -0.4 is 11.1 Å². The Morgan fingerprint density at radius 2 is 2.00 bits per heavy atom. The number of carbonyl (C=O) groups excluding carboxylic acids is 1. The van der Waals surface area contributed by atoms with E-state index in [1.165, 1.54) is 12.4 Å². The highest BCUT2D eigenvalue weighted by atomic mass is 16.1. The number of carbonyl (C=O) groups is 1. The summed E-state index contributed by atoms with van der Waals surface area (Å²) in [5.41, 5.74) is 6.39. The summed E-state index contributed by atoms with van der Waals surface area (Å²) in [6.45, 7) is 0. The van der Waals surface area contributed by atoms with Gasteiger partial charge in [-0.1, -0.05) is 12.1 Å². The molecule has 2 heterocycles. The van der Waals surface area contributed by atoms with Gasteiger partial charge < -0.3 is 11.1 Å². The zero-order valence-electron chi connectivity index (χ0n) is 10.4. The van der Waals surface area contributed by atoms with E-state index in [1.807, 2.05) is 24.3 Å². The molecule has 3 aromatic rings. The first kappa shape index (κ1) is 12.0. The van der Waals surface area contributed by atoms with Crippen molar-refractivity contribution in [1.29, 1.82) is 0 Å². The van der Waals surface area contributed by atoms with Crippen LogP contribution in [0.5, 0.6) is 0 Å². The van der Waals surface area contributed by atoms with Gasteiger partial charge in [0.1, 0.15) is 11.5 Å². The van der Waals surface area contributed by atoms with Gasteiger partial charge in [0.2, 0.25) is 0 Å². The zero-order valence-corrected chi connectivity index (χ0v) is 10.4. The number of rotatable bonds is 2. The molecule has 1 amide bonds. The zero-order chi connectivity index (χ0) is 13.9. The molecule has 0 aliphatic rings. The van der Waals surface area contributed by atoms with Crippen molar-refractivity contribution in [3.8, 4) is 0 Å². The number of benzene rings is 1. The van der Waals surface area contributed by atoms with Crippen LogP contribution in [-0.2, 0) is 0 Å². The van der Waals surface area contributed by atoms with Gasteiger partial charge in [-0.25, -0.2) is 4.98 Å². The number of amides is 1. The quantitative estimate of drug-likeness (QED) is 0.737. The minimum atomic E-state index is -0.353. The normalized spacial score (nSPS) is 10.4. The fourth-order valence-corrected chi connectivity index (χ4v) is 1.91. The van der Waals surface area contributed by atoms with Gasteiger partial charge in [-0.3, -0.25) is 14.8 Å². The molecule has 98 valence electrons. The predicted octanol–water partition coefficient (Wildman–Crippen LogP) is 1.86. The van der Waals surface area contributed by atoms with Gasteiger partial charge in [-0.05, 0) is 12.1 Å². The monoisotopic (exact) mass is 265 g/mol. The third-order valence-corrected chi connectivity index (χ3v) is 2.81. The van der Waals surface area contributed by atoms with Crippen LogP contribution in [0.15, 0.2) is 49.1 Å². The first-order valence-corrected chi connectivity index (χ1v) is 5.95. The Kier molecular flexibility index (Phi) is 2.96. The average Bonchev–Trinajstić information content (AvgIpc) is 2.47. The fourth-order valence-electron chi connectivity index (χ4n) is 1.91. The molecule has 0 bridgehead atoms. The molecule has 2 aromatic heterocycles. The molecule has 0 aliphatic carbocycles. The molecule has 0 saturated heterocycles. The van der Waals surface area contributed by atoms with Crippen LogP contribution in [0, 0.1) is 0 Å². The van der Waals surface area contributed by atoms with Crippen LogP contribution >= 0.6 is 0 Å². The number of nitrogens with zero attached hydrogens (tertiary/aromatic N) is 3. The van der Waals surface area contributed by atoms with Crippen molar-refractivity contribution in [1.82, 2.24) is 15.0 Å². The number of nitrogens with two attached hydrogens (primary N) is 1. The van der Waals surface area contributed by atoms with Crippen molar-refractivity contribution in [3.05, 3.63) is 54.7 Å². The summed E-state index contributed by atoms with van der Waals surface area (Å²) >= 11 is 0. The summed E-state index contributed by atoms with van der Waals surface area (Å²) in [5, 5.41) is 4.66. The van der Waals surface area contributed by atoms with E-state index in [0.29, 0.717) is 5.69 Å². The van der Waals surface area contributed by atoms with Crippen LogP contribution in [0.4, 0.5) is 11.5 Å². The maximum absolute atomic E-state index is 12.1. The SMILES string of the molecule is Nc1cncc(C(=O)Nc2cccc3cnccc23)n1. The highest BCUT2D eigenvalue weighted by molar-refractivity contribution is 6.08.